The van der Waals surface area contributed by atoms with Gasteiger partial charge in [-0.2, -0.15) is 0 Å². The molecule has 0 aromatic heterocycles. The highest BCUT2D eigenvalue weighted by Gasteiger charge is 2.28. The molecule has 1 aromatic rings. The van der Waals surface area contributed by atoms with Crippen molar-refractivity contribution in [1.29, 1.82) is 0 Å². The summed E-state index contributed by atoms with van der Waals surface area (Å²) in [4.78, 5) is 22.9. The Morgan fingerprint density at radius 1 is 1.25 bits per heavy atom. The van der Waals surface area contributed by atoms with E-state index in [0.29, 0.717) is 18.4 Å². The minimum absolute atomic E-state index is 0.0555. The van der Waals surface area contributed by atoms with Crippen LogP contribution in [0.1, 0.15) is 18.4 Å². The molecule has 6 heteroatoms. The summed E-state index contributed by atoms with van der Waals surface area (Å²) in [5.74, 6) is -2.75. The maximum Gasteiger partial charge on any atom is 0.320 e. The van der Waals surface area contributed by atoms with Gasteiger partial charge in [-0.15, -0.1) is 0 Å². The molecule has 0 aliphatic heterocycles. The van der Waals surface area contributed by atoms with Crippen LogP contribution in [0.3, 0.4) is 0 Å². The molecule has 4 nitrogen and oxygen atoms in total. The molecule has 1 rings (SSSR count). The number of ether oxygens (including phenoxy) is 2. The molecule has 0 spiro atoms. The highest BCUT2D eigenvalue weighted by molar-refractivity contribution is 6.30. The van der Waals surface area contributed by atoms with Crippen LogP contribution in [0.5, 0.6) is 0 Å². The van der Waals surface area contributed by atoms with Gasteiger partial charge in [0.25, 0.3) is 0 Å². The van der Waals surface area contributed by atoms with Gasteiger partial charge in [0.05, 0.1) is 19.2 Å². The third-order valence-electron chi connectivity index (χ3n) is 2.94. The van der Waals surface area contributed by atoms with Crippen molar-refractivity contribution in [2.75, 3.05) is 14.2 Å². The van der Waals surface area contributed by atoms with E-state index in [9.17, 15) is 14.0 Å². The monoisotopic (exact) mass is 302 g/mol. The van der Waals surface area contributed by atoms with Gasteiger partial charge in [-0.25, -0.2) is 4.39 Å². The van der Waals surface area contributed by atoms with Crippen molar-refractivity contribution in [3.8, 4) is 0 Å². The van der Waals surface area contributed by atoms with E-state index in [-0.39, 0.29) is 11.4 Å². The standard InChI is InChI=1S/C14H16ClFO4/c1-19-13(17)10(14(18)20-2)7-3-5-9-6-4-8-11(15)12(9)16/h4,6,8,10H,3,5,7H2,1-2H3. The fourth-order valence-electron chi connectivity index (χ4n) is 1.85. The predicted molar refractivity (Wildman–Crippen MR) is 71.9 cm³/mol. The maximum atomic E-state index is 13.7. The van der Waals surface area contributed by atoms with Crippen LogP contribution in [0.25, 0.3) is 0 Å². The van der Waals surface area contributed by atoms with Gasteiger partial charge in [-0.1, -0.05) is 23.7 Å². The number of hydrogen-bond acceptors (Lipinski definition) is 4. The molecule has 0 aliphatic rings. The fraction of sp³-hybridized carbons (Fsp3) is 0.429. The molecular formula is C14H16ClFO4. The van der Waals surface area contributed by atoms with E-state index >= 15 is 0 Å². The van der Waals surface area contributed by atoms with Crippen LogP contribution in [-0.2, 0) is 25.5 Å². The summed E-state index contributed by atoms with van der Waals surface area (Å²) in [5.41, 5.74) is 0.450. The van der Waals surface area contributed by atoms with Gasteiger partial charge in [0, 0.05) is 0 Å². The summed E-state index contributed by atoms with van der Waals surface area (Å²) in [6.45, 7) is 0. The van der Waals surface area contributed by atoms with Crippen LogP contribution in [0.15, 0.2) is 18.2 Å². The maximum absolute atomic E-state index is 13.7. The average Bonchev–Trinajstić information content (AvgIpc) is 2.46. The molecule has 0 N–H and O–H groups in total. The number of carbonyl (C=O) groups is 2. The first-order chi connectivity index (χ1) is 9.51. The molecule has 0 atom stereocenters. The first-order valence-corrected chi connectivity index (χ1v) is 6.47. The lowest BCUT2D eigenvalue weighted by molar-refractivity contribution is -0.159. The van der Waals surface area contributed by atoms with Crippen LogP contribution in [-0.4, -0.2) is 26.2 Å². The highest BCUT2D eigenvalue weighted by Crippen LogP contribution is 2.21. The third kappa shape index (κ3) is 4.20. The van der Waals surface area contributed by atoms with Crippen molar-refractivity contribution in [2.24, 2.45) is 5.92 Å². The van der Waals surface area contributed by atoms with Crippen LogP contribution in [0.2, 0.25) is 5.02 Å². The number of benzene rings is 1. The van der Waals surface area contributed by atoms with Gasteiger partial charge >= 0.3 is 11.9 Å². The Balaban J connectivity index is 2.62. The summed E-state index contributed by atoms with van der Waals surface area (Å²) in [6, 6.07) is 4.73. The summed E-state index contributed by atoms with van der Waals surface area (Å²) < 4.78 is 22.8. The van der Waals surface area contributed by atoms with Crippen molar-refractivity contribution in [3.05, 3.63) is 34.6 Å². The quantitative estimate of drug-likeness (QED) is 0.599. The molecule has 0 unspecified atom stereocenters. The van der Waals surface area contributed by atoms with Gasteiger partial charge in [0.15, 0.2) is 5.92 Å². The topological polar surface area (TPSA) is 52.6 Å². The van der Waals surface area contributed by atoms with E-state index in [1.165, 1.54) is 20.3 Å². The first kappa shape index (κ1) is 16.4. The van der Waals surface area contributed by atoms with Gasteiger partial charge in [-0.05, 0) is 30.9 Å². The average molecular weight is 303 g/mol. The Hall–Kier alpha value is -1.62. The largest absolute Gasteiger partial charge is 0.468 e. The SMILES string of the molecule is COC(=O)C(CCCc1cccc(Cl)c1F)C(=O)OC. The van der Waals surface area contributed by atoms with Crippen molar-refractivity contribution in [3.63, 3.8) is 0 Å². The number of methoxy groups -OCH3 is 2. The minimum Gasteiger partial charge on any atom is -0.468 e. The van der Waals surface area contributed by atoms with E-state index in [1.807, 2.05) is 0 Å². The van der Waals surface area contributed by atoms with Crippen LogP contribution >= 0.6 is 11.6 Å². The first-order valence-electron chi connectivity index (χ1n) is 6.09. The summed E-state index contributed by atoms with van der Waals surface area (Å²) >= 11 is 5.68. The van der Waals surface area contributed by atoms with E-state index in [2.05, 4.69) is 9.47 Å². The lowest BCUT2D eigenvalue weighted by Crippen LogP contribution is -2.26. The van der Waals surface area contributed by atoms with Crippen molar-refractivity contribution in [1.82, 2.24) is 0 Å². The molecule has 0 saturated carbocycles. The molecule has 1 aromatic carbocycles. The fourth-order valence-corrected chi connectivity index (χ4v) is 2.05. The number of aryl methyl sites for hydroxylation is 1. The van der Waals surface area contributed by atoms with Gasteiger partial charge in [-0.3, -0.25) is 9.59 Å². The highest BCUT2D eigenvalue weighted by atomic mass is 35.5. The van der Waals surface area contributed by atoms with Crippen LogP contribution in [0.4, 0.5) is 4.39 Å². The van der Waals surface area contributed by atoms with Gasteiger partial charge < -0.3 is 9.47 Å². The Labute approximate surface area is 121 Å². The molecule has 0 saturated heterocycles. The zero-order valence-electron chi connectivity index (χ0n) is 11.3. The van der Waals surface area contributed by atoms with E-state index in [0.717, 1.165) is 0 Å². The minimum atomic E-state index is -0.979. The zero-order chi connectivity index (χ0) is 15.1. The molecule has 0 amide bonds. The smallest absolute Gasteiger partial charge is 0.320 e. The summed E-state index contributed by atoms with van der Waals surface area (Å²) in [7, 11) is 2.41. The van der Waals surface area contributed by atoms with E-state index < -0.39 is 23.7 Å². The van der Waals surface area contributed by atoms with Crippen molar-refractivity contribution >= 4 is 23.5 Å². The lowest BCUT2D eigenvalue weighted by Gasteiger charge is -2.12. The Morgan fingerprint density at radius 2 is 1.85 bits per heavy atom. The molecule has 110 valence electrons. The Kier molecular flexibility index (Phi) is 6.45. The van der Waals surface area contributed by atoms with Crippen molar-refractivity contribution < 1.29 is 23.5 Å². The molecule has 0 radical (unpaired) electrons. The summed E-state index contributed by atoms with van der Waals surface area (Å²) in [6.07, 6.45) is 1.04. The number of esters is 2. The Bertz CT molecular complexity index is 474. The number of carbonyl (C=O) groups excluding carboxylic acids is 2. The van der Waals surface area contributed by atoms with Crippen molar-refractivity contribution in [2.45, 2.75) is 19.3 Å². The molecule has 0 bridgehead atoms. The van der Waals surface area contributed by atoms with E-state index in [4.69, 9.17) is 11.6 Å². The number of rotatable bonds is 6. The Morgan fingerprint density at radius 3 is 2.40 bits per heavy atom. The summed E-state index contributed by atoms with van der Waals surface area (Å²) in [5, 5.41) is 0.0555. The van der Waals surface area contributed by atoms with Crippen LogP contribution in [0, 0.1) is 11.7 Å². The lowest BCUT2D eigenvalue weighted by atomic mass is 9.99. The third-order valence-corrected chi connectivity index (χ3v) is 3.23. The molecule has 0 aliphatic carbocycles. The predicted octanol–water partition coefficient (Wildman–Crippen LogP) is 2.76. The van der Waals surface area contributed by atoms with Gasteiger partial charge in [0.1, 0.15) is 5.82 Å². The second-order valence-electron chi connectivity index (χ2n) is 4.20. The molecular weight excluding hydrogens is 287 g/mol. The van der Waals surface area contributed by atoms with Gasteiger partial charge in [0.2, 0.25) is 0 Å². The number of hydrogen-bond donors (Lipinski definition) is 0. The zero-order valence-corrected chi connectivity index (χ0v) is 12.1. The molecule has 20 heavy (non-hydrogen) atoms. The normalized spacial score (nSPS) is 10.4. The molecule has 0 heterocycles. The second kappa shape index (κ2) is 7.85. The number of halogens is 2. The van der Waals surface area contributed by atoms with E-state index in [1.54, 1.807) is 12.1 Å². The van der Waals surface area contributed by atoms with Crippen LogP contribution < -0.4 is 0 Å². The second-order valence-corrected chi connectivity index (χ2v) is 4.61. The molecule has 0 fully saturated rings.